The first-order chi connectivity index (χ1) is 8.16. The topological polar surface area (TPSA) is 68.0 Å². The number of rotatable bonds is 0. The van der Waals surface area contributed by atoms with Gasteiger partial charge in [-0.25, -0.2) is 4.98 Å². The Hall–Kier alpha value is -2.10. The fraction of sp³-hybridized carbons (Fsp3) is 0.231. The van der Waals surface area contributed by atoms with Crippen LogP contribution in [0.15, 0.2) is 24.3 Å². The Labute approximate surface area is 98.8 Å². The van der Waals surface area contributed by atoms with E-state index in [1.54, 1.807) is 0 Å². The van der Waals surface area contributed by atoms with E-state index < -0.39 is 0 Å². The molecule has 1 aliphatic rings. The molecule has 17 heavy (non-hydrogen) atoms. The Morgan fingerprint density at radius 2 is 2.06 bits per heavy atom. The third-order valence-corrected chi connectivity index (χ3v) is 3.22. The molecule has 1 amide bonds. The summed E-state index contributed by atoms with van der Waals surface area (Å²) in [7, 11) is 0. The fourth-order valence-electron chi connectivity index (χ4n) is 2.47. The van der Waals surface area contributed by atoms with Gasteiger partial charge >= 0.3 is 0 Å². The van der Waals surface area contributed by atoms with Crippen LogP contribution in [0.5, 0.6) is 0 Å². The maximum Gasteiger partial charge on any atom is 0.226 e. The normalized spacial score (nSPS) is 18.9. The molecule has 2 heterocycles. The van der Waals surface area contributed by atoms with Gasteiger partial charge in [0.2, 0.25) is 5.91 Å². The number of benzene rings is 1. The summed E-state index contributed by atoms with van der Waals surface area (Å²) < 4.78 is 0. The first kappa shape index (κ1) is 10.1. The average Bonchev–Trinajstić information content (AvgIpc) is 2.28. The van der Waals surface area contributed by atoms with E-state index >= 15 is 0 Å². The molecule has 4 nitrogen and oxygen atoms in total. The van der Waals surface area contributed by atoms with Gasteiger partial charge in [-0.2, -0.15) is 0 Å². The maximum absolute atomic E-state index is 11.5. The average molecular weight is 227 g/mol. The van der Waals surface area contributed by atoms with Crippen molar-refractivity contribution in [3.8, 4) is 0 Å². The fourth-order valence-corrected chi connectivity index (χ4v) is 2.47. The molecule has 1 atom stereocenters. The number of pyridine rings is 1. The summed E-state index contributed by atoms with van der Waals surface area (Å²) in [6.45, 7) is 2.04. The van der Waals surface area contributed by atoms with E-state index in [-0.39, 0.29) is 11.8 Å². The van der Waals surface area contributed by atoms with Crippen LogP contribution in [0.2, 0.25) is 0 Å². The summed E-state index contributed by atoms with van der Waals surface area (Å²) in [4.78, 5) is 15.8. The zero-order chi connectivity index (χ0) is 12.0. The molecule has 1 aromatic carbocycles. The highest BCUT2D eigenvalue weighted by atomic mass is 16.1. The Bertz CT molecular complexity index is 621. The summed E-state index contributed by atoms with van der Waals surface area (Å²) >= 11 is 0. The van der Waals surface area contributed by atoms with Crippen LogP contribution in [-0.4, -0.2) is 10.9 Å². The standard InChI is InChI=1S/C13H13N3O/c1-7-6-10(17)15-13-11(7)8-4-2-3-5-9(8)12(14)16-13/h2-5,7H,6H2,1H3,(H3,14,15,16,17). The second-order valence-electron chi connectivity index (χ2n) is 4.46. The Morgan fingerprint density at radius 3 is 2.82 bits per heavy atom. The lowest BCUT2D eigenvalue weighted by Crippen LogP contribution is -2.23. The van der Waals surface area contributed by atoms with Crippen molar-refractivity contribution in [3.63, 3.8) is 0 Å². The molecule has 3 N–H and O–H groups in total. The summed E-state index contributed by atoms with van der Waals surface area (Å²) in [5.41, 5.74) is 7.00. The Kier molecular flexibility index (Phi) is 2.04. The zero-order valence-electron chi connectivity index (χ0n) is 9.53. The number of aromatic nitrogens is 1. The number of hydrogen-bond donors (Lipinski definition) is 2. The van der Waals surface area contributed by atoms with Crippen molar-refractivity contribution >= 4 is 28.3 Å². The summed E-state index contributed by atoms with van der Waals surface area (Å²) in [5.74, 6) is 1.27. The van der Waals surface area contributed by atoms with Gasteiger partial charge in [0.1, 0.15) is 11.6 Å². The number of fused-ring (bicyclic) bond motifs is 3. The van der Waals surface area contributed by atoms with Crippen molar-refractivity contribution in [2.75, 3.05) is 11.1 Å². The SMILES string of the molecule is CC1CC(=O)Nc2nc(N)c3ccccc3c21. The van der Waals surface area contributed by atoms with Gasteiger partial charge < -0.3 is 11.1 Å². The van der Waals surface area contributed by atoms with Crippen LogP contribution in [0.4, 0.5) is 11.6 Å². The minimum absolute atomic E-state index is 0.00665. The highest BCUT2D eigenvalue weighted by Gasteiger charge is 2.25. The summed E-state index contributed by atoms with van der Waals surface area (Å²) in [5, 5.41) is 4.83. The van der Waals surface area contributed by atoms with Gasteiger partial charge in [-0.15, -0.1) is 0 Å². The number of nitrogens with two attached hydrogens (primary N) is 1. The first-order valence-corrected chi connectivity index (χ1v) is 5.65. The zero-order valence-corrected chi connectivity index (χ0v) is 9.53. The van der Waals surface area contributed by atoms with Gasteiger partial charge in [-0.1, -0.05) is 31.2 Å². The van der Waals surface area contributed by atoms with Gasteiger partial charge in [0.15, 0.2) is 0 Å². The third kappa shape index (κ3) is 1.45. The smallest absolute Gasteiger partial charge is 0.226 e. The largest absolute Gasteiger partial charge is 0.383 e. The van der Waals surface area contributed by atoms with Gasteiger partial charge in [0.25, 0.3) is 0 Å². The molecule has 3 rings (SSSR count). The molecular weight excluding hydrogens is 214 g/mol. The van der Waals surface area contributed by atoms with E-state index in [1.807, 2.05) is 31.2 Å². The molecule has 0 radical (unpaired) electrons. The highest BCUT2D eigenvalue weighted by molar-refractivity contribution is 6.02. The van der Waals surface area contributed by atoms with E-state index in [0.29, 0.717) is 18.1 Å². The van der Waals surface area contributed by atoms with Crippen molar-refractivity contribution in [2.45, 2.75) is 19.3 Å². The lowest BCUT2D eigenvalue weighted by molar-refractivity contribution is -0.116. The molecule has 0 saturated carbocycles. The lowest BCUT2D eigenvalue weighted by Gasteiger charge is -2.24. The molecule has 0 bridgehead atoms. The van der Waals surface area contributed by atoms with Crippen LogP contribution in [0.3, 0.4) is 0 Å². The van der Waals surface area contributed by atoms with Crippen molar-refractivity contribution in [1.82, 2.24) is 4.98 Å². The van der Waals surface area contributed by atoms with E-state index in [1.165, 1.54) is 0 Å². The van der Waals surface area contributed by atoms with Gasteiger partial charge in [-0.05, 0) is 11.3 Å². The van der Waals surface area contributed by atoms with Crippen LogP contribution in [0.1, 0.15) is 24.8 Å². The molecule has 1 aliphatic heterocycles. The van der Waals surface area contributed by atoms with Gasteiger partial charge in [0.05, 0.1) is 0 Å². The van der Waals surface area contributed by atoms with Gasteiger partial charge in [-0.3, -0.25) is 4.79 Å². The monoisotopic (exact) mass is 227 g/mol. The highest BCUT2D eigenvalue weighted by Crippen LogP contribution is 2.37. The molecule has 0 fully saturated rings. The number of anilines is 2. The molecule has 1 unspecified atom stereocenters. The van der Waals surface area contributed by atoms with Crippen LogP contribution in [-0.2, 0) is 4.79 Å². The molecule has 0 saturated heterocycles. The second-order valence-corrected chi connectivity index (χ2v) is 4.46. The quantitative estimate of drug-likeness (QED) is 0.725. The van der Waals surface area contributed by atoms with Crippen LogP contribution in [0, 0.1) is 0 Å². The van der Waals surface area contributed by atoms with Gasteiger partial charge in [0, 0.05) is 17.4 Å². The van der Waals surface area contributed by atoms with E-state index in [4.69, 9.17) is 5.73 Å². The van der Waals surface area contributed by atoms with Crippen LogP contribution < -0.4 is 11.1 Å². The summed E-state index contributed by atoms with van der Waals surface area (Å²) in [6, 6.07) is 7.91. The van der Waals surface area contributed by atoms with E-state index in [9.17, 15) is 4.79 Å². The third-order valence-electron chi connectivity index (χ3n) is 3.22. The second kappa shape index (κ2) is 3.45. The number of carbonyl (C=O) groups is 1. The first-order valence-electron chi connectivity index (χ1n) is 5.65. The number of nitrogen functional groups attached to an aromatic ring is 1. The van der Waals surface area contributed by atoms with Crippen LogP contribution in [0.25, 0.3) is 10.8 Å². The molecule has 0 aliphatic carbocycles. The summed E-state index contributed by atoms with van der Waals surface area (Å²) in [6.07, 6.45) is 0.503. The minimum atomic E-state index is 0.00665. The molecular formula is C13H13N3O. The van der Waals surface area contributed by atoms with Crippen molar-refractivity contribution in [3.05, 3.63) is 29.8 Å². The van der Waals surface area contributed by atoms with Crippen molar-refractivity contribution in [1.29, 1.82) is 0 Å². The number of amides is 1. The number of nitrogens with zero attached hydrogens (tertiary/aromatic N) is 1. The number of hydrogen-bond acceptors (Lipinski definition) is 3. The van der Waals surface area contributed by atoms with Crippen LogP contribution >= 0.6 is 0 Å². The molecule has 4 heteroatoms. The molecule has 86 valence electrons. The molecule has 2 aromatic rings. The van der Waals surface area contributed by atoms with Crippen molar-refractivity contribution in [2.24, 2.45) is 0 Å². The Morgan fingerprint density at radius 1 is 1.35 bits per heavy atom. The Balaban J connectivity index is 2.38. The van der Waals surface area contributed by atoms with Crippen molar-refractivity contribution < 1.29 is 4.79 Å². The molecule has 0 spiro atoms. The predicted octanol–water partition coefficient (Wildman–Crippen LogP) is 2.26. The number of carbonyl (C=O) groups excluding carboxylic acids is 1. The molecule has 1 aromatic heterocycles. The van der Waals surface area contributed by atoms with E-state index in [2.05, 4.69) is 10.3 Å². The maximum atomic E-state index is 11.5. The number of nitrogens with one attached hydrogen (secondary N) is 1. The van der Waals surface area contributed by atoms with E-state index in [0.717, 1.165) is 16.3 Å². The predicted molar refractivity (Wildman–Crippen MR) is 67.8 cm³/mol. The minimum Gasteiger partial charge on any atom is -0.383 e. The lowest BCUT2D eigenvalue weighted by atomic mass is 9.90.